The van der Waals surface area contributed by atoms with E-state index in [0.29, 0.717) is 17.3 Å². The third-order valence-corrected chi connectivity index (χ3v) is 1.89. The summed E-state index contributed by atoms with van der Waals surface area (Å²) in [4.78, 5) is 8.34. The van der Waals surface area contributed by atoms with Crippen molar-refractivity contribution in [2.75, 3.05) is 19.0 Å². The van der Waals surface area contributed by atoms with Gasteiger partial charge in [-0.3, -0.25) is 4.40 Å². The fraction of sp³-hybridized carbons (Fsp3) is 0.200. The van der Waals surface area contributed by atoms with Gasteiger partial charge in [-0.2, -0.15) is 4.98 Å². The molecule has 2 aromatic rings. The second kappa shape index (κ2) is 3.88. The summed E-state index contributed by atoms with van der Waals surface area (Å²) in [5, 5.41) is 2.93. The van der Waals surface area contributed by atoms with E-state index in [-0.39, 0.29) is 6.61 Å². The van der Waals surface area contributed by atoms with Crippen molar-refractivity contribution in [1.29, 1.82) is 0 Å². The average molecular weight is 202 g/mol. The van der Waals surface area contributed by atoms with Crippen LogP contribution in [0.2, 0.25) is 0 Å². The predicted molar refractivity (Wildman–Crippen MR) is 56.9 cm³/mol. The molecule has 0 aliphatic rings. The Morgan fingerprint density at radius 3 is 3.27 bits per heavy atom. The smallest absolute Gasteiger partial charge is 0.261 e. The van der Waals surface area contributed by atoms with Crippen LogP contribution in [0.5, 0.6) is 5.88 Å². The van der Waals surface area contributed by atoms with E-state index in [4.69, 9.17) is 11.2 Å². The SMILES string of the molecule is C#CCOc1nc(NC)cn2ccnc12. The van der Waals surface area contributed by atoms with E-state index < -0.39 is 0 Å². The van der Waals surface area contributed by atoms with E-state index in [9.17, 15) is 0 Å². The first-order valence-corrected chi connectivity index (χ1v) is 4.43. The molecule has 0 fully saturated rings. The minimum absolute atomic E-state index is 0.183. The summed E-state index contributed by atoms with van der Waals surface area (Å²) in [6.07, 6.45) is 10.4. The lowest BCUT2D eigenvalue weighted by Gasteiger charge is -2.06. The molecule has 0 atom stereocenters. The van der Waals surface area contributed by atoms with E-state index in [2.05, 4.69) is 21.2 Å². The summed E-state index contributed by atoms with van der Waals surface area (Å²) in [6, 6.07) is 0. The van der Waals surface area contributed by atoms with Gasteiger partial charge in [0.05, 0.1) is 6.20 Å². The zero-order valence-corrected chi connectivity index (χ0v) is 8.27. The van der Waals surface area contributed by atoms with Gasteiger partial charge in [0.2, 0.25) is 5.65 Å². The highest BCUT2D eigenvalue weighted by Gasteiger charge is 2.07. The molecular weight excluding hydrogens is 192 g/mol. The van der Waals surface area contributed by atoms with Gasteiger partial charge in [-0.05, 0) is 0 Å². The molecule has 0 saturated carbocycles. The van der Waals surface area contributed by atoms with Gasteiger partial charge in [0.15, 0.2) is 6.61 Å². The monoisotopic (exact) mass is 202 g/mol. The number of fused-ring (bicyclic) bond motifs is 1. The molecule has 0 saturated heterocycles. The molecule has 5 heteroatoms. The molecule has 1 N–H and O–H groups in total. The second-order valence-electron chi connectivity index (χ2n) is 2.83. The number of imidazole rings is 1. The number of hydrogen-bond donors (Lipinski definition) is 1. The minimum Gasteiger partial charge on any atom is -0.462 e. The predicted octanol–water partition coefficient (Wildman–Crippen LogP) is 0.783. The Morgan fingerprint density at radius 2 is 2.53 bits per heavy atom. The number of aromatic nitrogens is 3. The molecule has 2 heterocycles. The van der Waals surface area contributed by atoms with Crippen molar-refractivity contribution >= 4 is 11.5 Å². The van der Waals surface area contributed by atoms with Crippen LogP contribution in [0.15, 0.2) is 18.6 Å². The zero-order chi connectivity index (χ0) is 10.7. The lowest BCUT2D eigenvalue weighted by molar-refractivity contribution is 0.358. The number of anilines is 1. The standard InChI is InChI=1S/C10H10N4O/c1-3-6-15-10-9-12-4-5-14(9)7-8(11-2)13-10/h1,4-5,7,11H,6H2,2H3. The molecular formula is C10H10N4O. The van der Waals surface area contributed by atoms with Crippen LogP contribution in [-0.2, 0) is 0 Å². The largest absolute Gasteiger partial charge is 0.462 e. The number of hydrogen-bond acceptors (Lipinski definition) is 4. The molecule has 2 rings (SSSR count). The fourth-order valence-corrected chi connectivity index (χ4v) is 1.23. The van der Waals surface area contributed by atoms with E-state index in [1.165, 1.54) is 0 Å². The van der Waals surface area contributed by atoms with Gasteiger partial charge in [-0.15, -0.1) is 6.42 Å². The van der Waals surface area contributed by atoms with Gasteiger partial charge in [-0.25, -0.2) is 4.98 Å². The van der Waals surface area contributed by atoms with Crippen LogP contribution >= 0.6 is 0 Å². The second-order valence-corrected chi connectivity index (χ2v) is 2.83. The molecule has 0 aliphatic carbocycles. The third kappa shape index (κ3) is 1.70. The maximum Gasteiger partial charge on any atom is 0.261 e. The van der Waals surface area contributed by atoms with Crippen LogP contribution in [0.1, 0.15) is 0 Å². The lowest BCUT2D eigenvalue weighted by Crippen LogP contribution is -2.02. The summed E-state index contributed by atoms with van der Waals surface area (Å²) in [6.45, 7) is 0.183. The molecule has 0 spiro atoms. The Kier molecular flexibility index (Phi) is 2.42. The average Bonchev–Trinajstić information content (AvgIpc) is 2.73. The topological polar surface area (TPSA) is 51.5 Å². The fourth-order valence-electron chi connectivity index (χ4n) is 1.23. The van der Waals surface area contributed by atoms with Crippen molar-refractivity contribution in [2.24, 2.45) is 0 Å². The Balaban J connectivity index is 2.49. The molecule has 76 valence electrons. The number of rotatable bonds is 3. The number of nitrogens with one attached hydrogen (secondary N) is 1. The highest BCUT2D eigenvalue weighted by Crippen LogP contribution is 2.17. The normalized spacial score (nSPS) is 9.87. The van der Waals surface area contributed by atoms with Crippen molar-refractivity contribution in [3.05, 3.63) is 18.6 Å². The van der Waals surface area contributed by atoms with Gasteiger partial charge in [-0.1, -0.05) is 5.92 Å². The summed E-state index contributed by atoms with van der Waals surface area (Å²) < 4.78 is 7.12. The number of ether oxygens (including phenoxy) is 1. The summed E-state index contributed by atoms with van der Waals surface area (Å²) in [7, 11) is 1.79. The van der Waals surface area contributed by atoms with Crippen molar-refractivity contribution in [2.45, 2.75) is 0 Å². The molecule has 0 aromatic carbocycles. The van der Waals surface area contributed by atoms with Gasteiger partial charge in [0.1, 0.15) is 5.82 Å². The summed E-state index contributed by atoms with van der Waals surface area (Å²) in [5.41, 5.74) is 0.657. The first-order valence-electron chi connectivity index (χ1n) is 4.43. The summed E-state index contributed by atoms with van der Waals surface area (Å²) in [5.74, 6) is 3.53. The molecule has 0 amide bonds. The first-order chi connectivity index (χ1) is 7.35. The van der Waals surface area contributed by atoms with Crippen molar-refractivity contribution in [1.82, 2.24) is 14.4 Å². The molecule has 0 unspecified atom stereocenters. The van der Waals surface area contributed by atoms with E-state index in [1.54, 1.807) is 13.2 Å². The van der Waals surface area contributed by atoms with E-state index in [1.807, 2.05) is 16.8 Å². The minimum atomic E-state index is 0.183. The highest BCUT2D eigenvalue weighted by molar-refractivity contribution is 5.53. The van der Waals surface area contributed by atoms with Crippen LogP contribution in [0, 0.1) is 12.3 Å². The molecule has 2 aromatic heterocycles. The molecule has 15 heavy (non-hydrogen) atoms. The Morgan fingerprint density at radius 1 is 1.67 bits per heavy atom. The van der Waals surface area contributed by atoms with Gasteiger partial charge < -0.3 is 10.1 Å². The van der Waals surface area contributed by atoms with Crippen LogP contribution < -0.4 is 10.1 Å². The Bertz CT molecular complexity index is 512. The molecule has 5 nitrogen and oxygen atoms in total. The quantitative estimate of drug-likeness (QED) is 0.747. The number of terminal acetylenes is 1. The number of nitrogens with zero attached hydrogens (tertiary/aromatic N) is 3. The molecule has 0 radical (unpaired) electrons. The van der Waals surface area contributed by atoms with Crippen molar-refractivity contribution in [3.8, 4) is 18.2 Å². The van der Waals surface area contributed by atoms with Crippen molar-refractivity contribution < 1.29 is 4.74 Å². The molecule has 0 aliphatic heterocycles. The van der Waals surface area contributed by atoms with Crippen molar-refractivity contribution in [3.63, 3.8) is 0 Å². The Hall–Kier alpha value is -2.22. The van der Waals surface area contributed by atoms with Crippen LogP contribution in [0.4, 0.5) is 5.82 Å². The molecule has 0 bridgehead atoms. The van der Waals surface area contributed by atoms with Crippen LogP contribution in [-0.4, -0.2) is 28.0 Å². The highest BCUT2D eigenvalue weighted by atomic mass is 16.5. The van der Waals surface area contributed by atoms with Crippen LogP contribution in [0.3, 0.4) is 0 Å². The van der Waals surface area contributed by atoms with Gasteiger partial charge >= 0.3 is 0 Å². The first kappa shape index (κ1) is 9.34. The third-order valence-electron chi connectivity index (χ3n) is 1.89. The van der Waals surface area contributed by atoms with E-state index in [0.717, 1.165) is 0 Å². The lowest BCUT2D eigenvalue weighted by atomic mass is 10.6. The van der Waals surface area contributed by atoms with Crippen LogP contribution in [0.25, 0.3) is 5.65 Å². The zero-order valence-electron chi connectivity index (χ0n) is 8.27. The van der Waals surface area contributed by atoms with Gasteiger partial charge in [0.25, 0.3) is 5.88 Å². The maximum atomic E-state index is 5.30. The Labute approximate surface area is 87.1 Å². The van der Waals surface area contributed by atoms with Gasteiger partial charge in [0, 0.05) is 19.4 Å². The summed E-state index contributed by atoms with van der Waals surface area (Å²) >= 11 is 0. The maximum absolute atomic E-state index is 5.30. The van der Waals surface area contributed by atoms with E-state index >= 15 is 0 Å².